The molecule has 0 aromatic rings. The summed E-state index contributed by atoms with van der Waals surface area (Å²) in [6.07, 6.45) is -8.40. The summed E-state index contributed by atoms with van der Waals surface area (Å²) in [5, 5.41) is 0. The quantitative estimate of drug-likeness (QED) is 0.480. The van der Waals surface area contributed by atoms with E-state index in [1.165, 1.54) is 0 Å². The smallest absolute Gasteiger partial charge is 0.238 e. The Balaban J connectivity index is 3.40. The SMILES string of the molecule is FC(F)CCCC(F)COCC(F)CCCC(F)F. The van der Waals surface area contributed by atoms with Gasteiger partial charge in [0.2, 0.25) is 12.9 Å². The molecule has 0 N–H and O–H groups in total. The lowest BCUT2D eigenvalue weighted by atomic mass is 10.2. The van der Waals surface area contributed by atoms with E-state index in [9.17, 15) is 26.3 Å². The molecule has 0 heterocycles. The van der Waals surface area contributed by atoms with Crippen molar-refractivity contribution in [3.05, 3.63) is 0 Å². The Hall–Kier alpha value is -0.460. The van der Waals surface area contributed by atoms with Gasteiger partial charge in [-0.1, -0.05) is 0 Å². The molecule has 0 fully saturated rings. The fraction of sp³-hybridized carbons (Fsp3) is 1.00. The van der Waals surface area contributed by atoms with Crippen molar-refractivity contribution in [2.24, 2.45) is 0 Å². The van der Waals surface area contributed by atoms with Gasteiger partial charge in [0.1, 0.15) is 12.3 Å². The Morgan fingerprint density at radius 3 is 1.26 bits per heavy atom. The van der Waals surface area contributed by atoms with Gasteiger partial charge in [-0.15, -0.1) is 0 Å². The first-order valence-corrected chi connectivity index (χ1v) is 6.34. The van der Waals surface area contributed by atoms with Gasteiger partial charge in [0.25, 0.3) is 0 Å². The average Bonchev–Trinajstić information content (AvgIpc) is 2.27. The van der Waals surface area contributed by atoms with Crippen molar-refractivity contribution in [2.45, 2.75) is 63.7 Å². The highest BCUT2D eigenvalue weighted by molar-refractivity contribution is 4.59. The first kappa shape index (κ1) is 18.5. The molecule has 0 bridgehead atoms. The van der Waals surface area contributed by atoms with Gasteiger partial charge in [0, 0.05) is 12.8 Å². The van der Waals surface area contributed by atoms with E-state index in [0.717, 1.165) is 0 Å². The Morgan fingerprint density at radius 2 is 0.947 bits per heavy atom. The van der Waals surface area contributed by atoms with Crippen molar-refractivity contribution < 1.29 is 31.1 Å². The summed E-state index contributed by atoms with van der Waals surface area (Å²) in [6.45, 7) is -0.697. The summed E-state index contributed by atoms with van der Waals surface area (Å²) in [5.41, 5.74) is 0. The van der Waals surface area contributed by atoms with Crippen LogP contribution in [0.4, 0.5) is 26.3 Å². The molecule has 0 aromatic heterocycles. The molecule has 0 spiro atoms. The highest BCUT2D eigenvalue weighted by Gasteiger charge is 2.12. The first-order chi connectivity index (χ1) is 8.91. The number of hydrogen-bond donors (Lipinski definition) is 0. The van der Waals surface area contributed by atoms with Crippen LogP contribution in [0.2, 0.25) is 0 Å². The third-order valence-corrected chi connectivity index (χ3v) is 2.48. The van der Waals surface area contributed by atoms with E-state index in [1.807, 2.05) is 0 Å². The lowest BCUT2D eigenvalue weighted by Crippen LogP contribution is -2.17. The van der Waals surface area contributed by atoms with Crippen LogP contribution in [0.3, 0.4) is 0 Å². The molecular weight excluding hydrogens is 274 g/mol. The minimum atomic E-state index is -2.45. The minimum Gasteiger partial charge on any atom is -0.375 e. The van der Waals surface area contributed by atoms with E-state index in [0.29, 0.717) is 0 Å². The van der Waals surface area contributed by atoms with Crippen molar-refractivity contribution in [1.29, 1.82) is 0 Å². The molecule has 0 rings (SSSR count). The molecule has 2 atom stereocenters. The Bertz CT molecular complexity index is 183. The molecular formula is C12H20F6O. The van der Waals surface area contributed by atoms with Crippen molar-refractivity contribution in [3.8, 4) is 0 Å². The van der Waals surface area contributed by atoms with Crippen LogP contribution < -0.4 is 0 Å². The number of ether oxygens (including phenoxy) is 1. The predicted octanol–water partition coefficient (Wildman–Crippen LogP) is 4.55. The summed E-state index contributed by atoms with van der Waals surface area (Å²) in [4.78, 5) is 0. The molecule has 116 valence electrons. The van der Waals surface area contributed by atoms with E-state index >= 15 is 0 Å². The highest BCUT2D eigenvalue weighted by Crippen LogP contribution is 2.12. The van der Waals surface area contributed by atoms with Crippen LogP contribution in [0, 0.1) is 0 Å². The molecule has 0 aliphatic carbocycles. The van der Waals surface area contributed by atoms with Gasteiger partial charge in [-0.25, -0.2) is 26.3 Å². The topological polar surface area (TPSA) is 9.23 Å². The summed E-state index contributed by atoms with van der Waals surface area (Å²) in [6, 6.07) is 0. The normalized spacial score (nSPS) is 15.2. The van der Waals surface area contributed by atoms with Crippen molar-refractivity contribution in [1.82, 2.24) is 0 Å². The summed E-state index contributed by atoms with van der Waals surface area (Å²) in [7, 11) is 0. The maximum absolute atomic E-state index is 13.1. The van der Waals surface area contributed by atoms with Crippen LogP contribution in [0.15, 0.2) is 0 Å². The van der Waals surface area contributed by atoms with Crippen molar-refractivity contribution >= 4 is 0 Å². The predicted molar refractivity (Wildman–Crippen MR) is 60.3 cm³/mol. The number of halogens is 6. The van der Waals surface area contributed by atoms with Crippen LogP contribution in [0.25, 0.3) is 0 Å². The zero-order valence-electron chi connectivity index (χ0n) is 10.6. The molecule has 0 saturated heterocycles. The zero-order chi connectivity index (χ0) is 14.7. The lowest BCUT2D eigenvalue weighted by molar-refractivity contribution is 0.0360. The summed E-state index contributed by atoms with van der Waals surface area (Å²) in [5.74, 6) is 0. The van der Waals surface area contributed by atoms with Crippen LogP contribution >= 0.6 is 0 Å². The fourth-order valence-corrected chi connectivity index (χ4v) is 1.48. The van der Waals surface area contributed by atoms with Crippen LogP contribution in [-0.4, -0.2) is 38.4 Å². The molecule has 19 heavy (non-hydrogen) atoms. The molecule has 0 radical (unpaired) electrons. The lowest BCUT2D eigenvalue weighted by Gasteiger charge is -2.11. The highest BCUT2D eigenvalue weighted by atomic mass is 19.3. The minimum absolute atomic E-state index is 0.0489. The molecule has 7 heteroatoms. The second-order valence-electron chi connectivity index (χ2n) is 4.38. The van der Waals surface area contributed by atoms with Gasteiger partial charge in [0.05, 0.1) is 13.2 Å². The van der Waals surface area contributed by atoms with E-state index < -0.39 is 25.2 Å². The van der Waals surface area contributed by atoms with E-state index in [2.05, 4.69) is 0 Å². The standard InChI is InChI=1S/C12H20F6O/c13-9(3-1-5-11(15)16)7-19-8-10(14)4-2-6-12(17)18/h9-12H,1-8H2. The average molecular weight is 294 g/mol. The van der Waals surface area contributed by atoms with Gasteiger partial charge in [-0.3, -0.25) is 0 Å². The van der Waals surface area contributed by atoms with Crippen molar-refractivity contribution in [3.63, 3.8) is 0 Å². The first-order valence-electron chi connectivity index (χ1n) is 6.34. The molecule has 0 aromatic carbocycles. The summed E-state index contributed by atoms with van der Waals surface area (Å²) < 4.78 is 77.9. The summed E-state index contributed by atoms with van der Waals surface area (Å²) >= 11 is 0. The Labute approximate surface area is 109 Å². The van der Waals surface area contributed by atoms with E-state index in [4.69, 9.17) is 4.74 Å². The van der Waals surface area contributed by atoms with Crippen LogP contribution in [0.5, 0.6) is 0 Å². The van der Waals surface area contributed by atoms with Gasteiger partial charge in [-0.2, -0.15) is 0 Å². The molecule has 0 aliphatic heterocycles. The zero-order valence-corrected chi connectivity index (χ0v) is 10.6. The van der Waals surface area contributed by atoms with Gasteiger partial charge in [0.15, 0.2) is 0 Å². The molecule has 0 aliphatic rings. The second kappa shape index (κ2) is 11.4. The maximum atomic E-state index is 13.1. The monoisotopic (exact) mass is 294 g/mol. The van der Waals surface area contributed by atoms with Crippen molar-refractivity contribution in [2.75, 3.05) is 13.2 Å². The third kappa shape index (κ3) is 13.8. The van der Waals surface area contributed by atoms with Gasteiger partial charge >= 0.3 is 0 Å². The van der Waals surface area contributed by atoms with E-state index in [-0.39, 0.29) is 51.7 Å². The maximum Gasteiger partial charge on any atom is 0.238 e. The van der Waals surface area contributed by atoms with E-state index in [1.54, 1.807) is 0 Å². The molecule has 1 nitrogen and oxygen atoms in total. The van der Waals surface area contributed by atoms with Crippen LogP contribution in [0.1, 0.15) is 38.5 Å². The Morgan fingerprint density at radius 1 is 0.579 bits per heavy atom. The van der Waals surface area contributed by atoms with Gasteiger partial charge < -0.3 is 4.74 Å². The second-order valence-corrected chi connectivity index (χ2v) is 4.38. The Kier molecular flexibility index (Phi) is 11.1. The largest absolute Gasteiger partial charge is 0.375 e. The molecule has 0 amide bonds. The third-order valence-electron chi connectivity index (χ3n) is 2.48. The van der Waals surface area contributed by atoms with Crippen LogP contribution in [-0.2, 0) is 4.74 Å². The molecule has 0 saturated carbocycles. The number of alkyl halides is 6. The van der Waals surface area contributed by atoms with Gasteiger partial charge in [-0.05, 0) is 25.7 Å². The number of hydrogen-bond acceptors (Lipinski definition) is 1. The molecule has 2 unspecified atom stereocenters. The number of rotatable bonds is 12. The fourth-order valence-electron chi connectivity index (χ4n) is 1.48.